The van der Waals surface area contributed by atoms with E-state index < -0.39 is 54.1 Å². The van der Waals surface area contributed by atoms with Crippen LogP contribution in [0, 0.1) is 27.7 Å². The lowest BCUT2D eigenvalue weighted by Crippen LogP contribution is -2.49. The zero-order valence-electron chi connectivity index (χ0n) is 31.5. The fraction of sp³-hybridized carbons (Fsp3) is 0.350. The fourth-order valence-electron chi connectivity index (χ4n) is 7.02. The Morgan fingerprint density at radius 1 is 0.643 bits per heavy atom. The van der Waals surface area contributed by atoms with Crippen LogP contribution in [0.4, 0.5) is 0 Å². The van der Waals surface area contributed by atoms with E-state index in [4.69, 9.17) is 10.8 Å². The van der Waals surface area contributed by atoms with Crippen LogP contribution >= 0.6 is 0 Å². The summed E-state index contributed by atoms with van der Waals surface area (Å²) in [5.74, 6) is -5.70. The number of aryl methyl sites for hydroxylation is 2. The summed E-state index contributed by atoms with van der Waals surface area (Å²) in [7, 11) is 0. The minimum absolute atomic E-state index is 0.122. The maximum absolute atomic E-state index is 14.7. The number of hydrogen-bond acceptors (Lipinski definition) is 7. The SMILES string of the molecule is Cc1cc2[nH]c1C=c1[nH]c(c(CCC(=O)O)c1C)=Cc1[nH]c(c(C)c1CCC(=O)O)C=c1cc(C)c([nH]1)=C2C(=O)[C@H](CCC(=O)O)NC(=O)[C@@H](N)CCC(=O)O. The second-order valence-electron chi connectivity index (χ2n) is 14.2. The number of carbonyl (C=O) groups is 6. The van der Waals surface area contributed by atoms with Gasteiger partial charge in [0.05, 0.1) is 28.7 Å². The smallest absolute Gasteiger partial charge is 0.303 e. The number of carboxylic acid groups (broad SMARTS) is 4. The minimum Gasteiger partial charge on any atom is -0.481 e. The summed E-state index contributed by atoms with van der Waals surface area (Å²) in [5.41, 5.74) is 12.9. The van der Waals surface area contributed by atoms with Gasteiger partial charge in [-0.3, -0.25) is 28.8 Å². The third-order valence-corrected chi connectivity index (χ3v) is 10.1. The molecule has 16 nitrogen and oxygen atoms in total. The molecule has 1 aliphatic rings. The zero-order valence-corrected chi connectivity index (χ0v) is 31.5. The van der Waals surface area contributed by atoms with Crippen LogP contribution in [-0.2, 0) is 41.6 Å². The predicted octanol–water partition coefficient (Wildman–Crippen LogP) is 0.377. The molecule has 5 heterocycles. The van der Waals surface area contributed by atoms with Crippen LogP contribution in [0.1, 0.15) is 94.7 Å². The molecule has 4 aromatic heterocycles. The van der Waals surface area contributed by atoms with Crippen LogP contribution < -0.4 is 32.4 Å². The van der Waals surface area contributed by atoms with Gasteiger partial charge in [0.1, 0.15) is 0 Å². The number of H-pyrrole nitrogens is 4. The summed E-state index contributed by atoms with van der Waals surface area (Å²) in [4.78, 5) is 87.6. The third-order valence-electron chi connectivity index (χ3n) is 10.1. The number of nitrogens with two attached hydrogens (primary N) is 1. The van der Waals surface area contributed by atoms with Crippen LogP contribution in [0.2, 0.25) is 0 Å². The lowest BCUT2D eigenvalue weighted by atomic mass is 9.96. The van der Waals surface area contributed by atoms with E-state index in [0.29, 0.717) is 49.7 Å². The molecule has 11 N–H and O–H groups in total. The molecular formula is C40H46N6O10. The summed E-state index contributed by atoms with van der Waals surface area (Å²) in [5, 5.41) is 42.6. The van der Waals surface area contributed by atoms with E-state index in [1.54, 1.807) is 13.0 Å². The highest BCUT2D eigenvalue weighted by molar-refractivity contribution is 6.23. The molecule has 0 aliphatic carbocycles. The Morgan fingerprint density at radius 3 is 1.89 bits per heavy atom. The Kier molecular flexibility index (Phi) is 12.3. The predicted molar refractivity (Wildman–Crippen MR) is 204 cm³/mol. The number of nitrogens with one attached hydrogen (secondary N) is 5. The Hall–Kier alpha value is -6.42. The number of carbonyl (C=O) groups excluding carboxylic acids is 2. The zero-order chi connectivity index (χ0) is 41.0. The Bertz CT molecular complexity index is 2500. The van der Waals surface area contributed by atoms with Crippen molar-refractivity contribution in [1.29, 1.82) is 0 Å². The number of rotatable bonds is 16. The normalized spacial score (nSPS) is 13.2. The summed E-state index contributed by atoms with van der Waals surface area (Å²) in [6, 6.07) is 0.964. The van der Waals surface area contributed by atoms with Gasteiger partial charge in [0.25, 0.3) is 0 Å². The second kappa shape index (κ2) is 16.9. The summed E-state index contributed by atoms with van der Waals surface area (Å²) >= 11 is 0. The maximum Gasteiger partial charge on any atom is 0.303 e. The van der Waals surface area contributed by atoms with E-state index in [9.17, 15) is 44.1 Å². The highest BCUT2D eigenvalue weighted by Gasteiger charge is 2.30. The van der Waals surface area contributed by atoms with Crippen LogP contribution in [-0.4, -0.2) is 88.0 Å². The van der Waals surface area contributed by atoms with E-state index in [1.807, 2.05) is 45.1 Å². The molecule has 0 saturated heterocycles. The third kappa shape index (κ3) is 9.26. The van der Waals surface area contributed by atoms with E-state index >= 15 is 0 Å². The molecule has 0 unspecified atom stereocenters. The quantitative estimate of drug-likeness (QED) is 0.0743. The topological polar surface area (TPSA) is 285 Å². The largest absolute Gasteiger partial charge is 0.481 e. The molecule has 0 aromatic carbocycles. The van der Waals surface area contributed by atoms with Gasteiger partial charge in [-0.05, 0) is 117 Å². The number of Topliss-reactive ketones (excluding diaryl/α,β-unsaturated/α-hetero) is 1. The molecule has 16 heteroatoms. The summed E-state index contributed by atoms with van der Waals surface area (Å²) in [6.07, 6.45) is 4.39. The van der Waals surface area contributed by atoms with Gasteiger partial charge < -0.3 is 51.4 Å². The molecule has 1 aliphatic heterocycles. The Morgan fingerprint density at radius 2 is 1.25 bits per heavy atom. The standard InChI is InChI=1S/C40H46N6O10/c1-18-14-32-37(39(55)26(8-12-36(53)54)46-40(56)25(41)7-11-35(51)52)38-19(2)13-22(42-38)15-28-20(3)23(5-9-33(47)48)30(44-28)17-31-24(6-10-34(49)50)21(4)29(45-31)16-27(18)43-32/h13-17,25-26,42-45H,5-12,41H2,1-4H3,(H,46,56)(H,47,48)(H,49,50)(H,51,52)(H,53,54)/t25-,26-/m0/s1. The number of fused-ring (bicyclic) bond motifs is 8. The van der Waals surface area contributed by atoms with Crippen molar-refractivity contribution < 1.29 is 49.2 Å². The first-order valence-electron chi connectivity index (χ1n) is 18.1. The van der Waals surface area contributed by atoms with Gasteiger partial charge >= 0.3 is 23.9 Å². The van der Waals surface area contributed by atoms with Gasteiger partial charge in [-0.15, -0.1) is 0 Å². The van der Waals surface area contributed by atoms with Crippen molar-refractivity contribution in [2.45, 2.75) is 91.1 Å². The summed E-state index contributed by atoms with van der Waals surface area (Å²) < 4.78 is 0. The van der Waals surface area contributed by atoms with Crippen LogP contribution in [0.25, 0.3) is 23.8 Å². The van der Waals surface area contributed by atoms with E-state index in [0.717, 1.165) is 27.8 Å². The van der Waals surface area contributed by atoms with Crippen molar-refractivity contribution in [3.8, 4) is 0 Å². The monoisotopic (exact) mass is 770 g/mol. The van der Waals surface area contributed by atoms with Crippen LogP contribution in [0.3, 0.4) is 0 Å². The van der Waals surface area contributed by atoms with Crippen molar-refractivity contribution in [3.05, 3.63) is 89.7 Å². The van der Waals surface area contributed by atoms with Gasteiger partial charge in [0.15, 0.2) is 5.78 Å². The average Bonchev–Trinajstić information content (AvgIpc) is 3.83. The van der Waals surface area contributed by atoms with E-state index in [2.05, 4.69) is 25.3 Å². The molecule has 5 rings (SSSR count). The number of amides is 1. The Balaban J connectivity index is 1.80. The second-order valence-corrected chi connectivity index (χ2v) is 14.2. The van der Waals surface area contributed by atoms with Gasteiger partial charge in [-0.25, -0.2) is 0 Å². The van der Waals surface area contributed by atoms with Crippen molar-refractivity contribution in [2.75, 3.05) is 0 Å². The highest BCUT2D eigenvalue weighted by Crippen LogP contribution is 2.23. The number of carboxylic acids is 4. The molecular weight excluding hydrogens is 724 g/mol. The first-order valence-corrected chi connectivity index (χ1v) is 18.1. The number of aromatic nitrogens is 4. The molecule has 1 amide bonds. The first-order chi connectivity index (χ1) is 26.4. The molecule has 296 valence electrons. The highest BCUT2D eigenvalue weighted by atomic mass is 16.4. The number of aliphatic carboxylic acids is 4. The van der Waals surface area contributed by atoms with Gasteiger partial charge in [0.2, 0.25) is 5.91 Å². The Labute approximate surface area is 319 Å². The van der Waals surface area contributed by atoms with Crippen LogP contribution in [0.15, 0.2) is 12.1 Å². The van der Waals surface area contributed by atoms with E-state index in [-0.39, 0.29) is 50.5 Å². The minimum atomic E-state index is -1.35. The molecule has 0 fully saturated rings. The van der Waals surface area contributed by atoms with Crippen molar-refractivity contribution >= 4 is 59.4 Å². The maximum atomic E-state index is 14.7. The summed E-state index contributed by atoms with van der Waals surface area (Å²) in [6.45, 7) is 7.37. The number of ketones is 1. The first kappa shape index (κ1) is 40.8. The molecule has 56 heavy (non-hydrogen) atoms. The molecule has 0 radical (unpaired) electrons. The van der Waals surface area contributed by atoms with Gasteiger partial charge in [-0.2, -0.15) is 0 Å². The van der Waals surface area contributed by atoms with Crippen molar-refractivity contribution in [2.24, 2.45) is 5.73 Å². The lowest BCUT2D eigenvalue weighted by Gasteiger charge is -2.20. The van der Waals surface area contributed by atoms with E-state index in [1.165, 1.54) is 0 Å². The number of hydrogen-bond donors (Lipinski definition) is 10. The van der Waals surface area contributed by atoms with Crippen molar-refractivity contribution in [3.63, 3.8) is 0 Å². The molecule has 4 aromatic rings. The average molecular weight is 771 g/mol. The van der Waals surface area contributed by atoms with Crippen molar-refractivity contribution in [1.82, 2.24) is 25.3 Å². The lowest BCUT2D eigenvalue weighted by molar-refractivity contribution is -0.139. The van der Waals surface area contributed by atoms with Crippen LogP contribution in [0.5, 0.6) is 0 Å². The fourth-order valence-corrected chi connectivity index (χ4v) is 7.02. The molecule has 8 bridgehead atoms. The molecule has 0 spiro atoms. The molecule has 0 saturated carbocycles. The number of aromatic amines is 4. The van der Waals surface area contributed by atoms with Gasteiger partial charge in [-0.1, -0.05) is 0 Å². The van der Waals surface area contributed by atoms with Gasteiger partial charge in [0, 0.05) is 58.8 Å². The molecule has 2 atom stereocenters.